The lowest BCUT2D eigenvalue weighted by Gasteiger charge is -2.13. The van der Waals surface area contributed by atoms with Gasteiger partial charge in [-0.25, -0.2) is 0 Å². The minimum atomic E-state index is -0.438. The maximum absolute atomic E-state index is 11.1. The molecule has 0 saturated carbocycles. The van der Waals surface area contributed by atoms with Gasteiger partial charge < -0.3 is 15.8 Å². The molecule has 0 fully saturated rings. The molecule has 5 heteroatoms. The molecule has 0 aliphatic heterocycles. The van der Waals surface area contributed by atoms with Gasteiger partial charge in [0.05, 0.1) is 6.61 Å². The molecule has 76 valence electrons. The largest absolute Gasteiger partial charge is 0.465 e. The summed E-state index contributed by atoms with van der Waals surface area (Å²) in [5, 5.41) is 2.76. The Hall–Kier alpha value is -1.10. The molecule has 5 nitrogen and oxygen atoms in total. The molecule has 0 aromatic heterocycles. The van der Waals surface area contributed by atoms with Crippen LogP contribution in [-0.2, 0) is 14.3 Å². The molecule has 0 radical (unpaired) electrons. The monoisotopic (exact) mass is 188 g/mol. The Balaban J connectivity index is 3.87. The minimum Gasteiger partial charge on any atom is -0.465 e. The van der Waals surface area contributed by atoms with Gasteiger partial charge in [-0.05, 0) is 20.4 Å². The fraction of sp³-hybridized carbons (Fsp3) is 0.750. The number of nitrogens with two attached hydrogens (primary N) is 1. The summed E-state index contributed by atoms with van der Waals surface area (Å²) in [6.07, 6.45) is 0.564. The molecular weight excluding hydrogens is 172 g/mol. The predicted molar refractivity (Wildman–Crippen MR) is 47.9 cm³/mol. The van der Waals surface area contributed by atoms with E-state index >= 15 is 0 Å². The molecular formula is C8H16N2O3. The van der Waals surface area contributed by atoms with Gasteiger partial charge in [-0.1, -0.05) is 0 Å². The average Bonchev–Trinajstić information content (AvgIpc) is 2.05. The number of hydrogen-bond donors (Lipinski definition) is 2. The summed E-state index contributed by atoms with van der Waals surface area (Å²) >= 11 is 0. The average molecular weight is 188 g/mol. The number of primary amides is 1. The van der Waals surface area contributed by atoms with Crippen molar-refractivity contribution < 1.29 is 14.3 Å². The number of rotatable bonds is 6. The molecule has 0 rings (SSSR count). The van der Waals surface area contributed by atoms with Crippen LogP contribution >= 0.6 is 0 Å². The first kappa shape index (κ1) is 11.9. The first-order valence-corrected chi connectivity index (χ1v) is 4.24. The van der Waals surface area contributed by atoms with Crippen LogP contribution in [0.25, 0.3) is 0 Å². The standard InChI is InChI=1S/C8H16N2O3/c1-3-13-8(12)6(10-2)4-5-7(9)11/h6,10H,3-5H2,1-2H3,(H2,9,11)/t6-/m1/s1. The highest BCUT2D eigenvalue weighted by molar-refractivity contribution is 5.78. The van der Waals surface area contributed by atoms with Crippen molar-refractivity contribution in [1.29, 1.82) is 0 Å². The Morgan fingerprint density at radius 3 is 2.54 bits per heavy atom. The second-order valence-corrected chi connectivity index (χ2v) is 2.60. The maximum atomic E-state index is 11.1. The number of ether oxygens (including phenoxy) is 1. The highest BCUT2D eigenvalue weighted by atomic mass is 16.5. The molecule has 0 aliphatic rings. The van der Waals surface area contributed by atoms with Crippen LogP contribution < -0.4 is 11.1 Å². The third-order valence-electron chi connectivity index (χ3n) is 1.60. The van der Waals surface area contributed by atoms with Crippen molar-refractivity contribution in [2.75, 3.05) is 13.7 Å². The Kier molecular flexibility index (Phi) is 5.88. The number of esters is 1. The van der Waals surface area contributed by atoms with Crippen molar-refractivity contribution in [1.82, 2.24) is 5.32 Å². The number of likely N-dealkylation sites (N-methyl/N-ethyl adjacent to an activating group) is 1. The minimum absolute atomic E-state index is 0.185. The molecule has 0 spiro atoms. The number of amides is 1. The summed E-state index contributed by atoms with van der Waals surface area (Å²) < 4.78 is 4.77. The molecule has 0 heterocycles. The zero-order valence-electron chi connectivity index (χ0n) is 8.00. The summed E-state index contributed by atoms with van der Waals surface area (Å²) in [5.41, 5.74) is 4.95. The zero-order chi connectivity index (χ0) is 10.3. The van der Waals surface area contributed by atoms with Crippen molar-refractivity contribution in [2.24, 2.45) is 5.73 Å². The van der Waals surface area contributed by atoms with Crippen LogP contribution in [0.1, 0.15) is 19.8 Å². The first-order valence-electron chi connectivity index (χ1n) is 4.24. The summed E-state index contributed by atoms with van der Waals surface area (Å²) in [6.45, 7) is 2.08. The maximum Gasteiger partial charge on any atom is 0.323 e. The Morgan fingerprint density at radius 2 is 2.15 bits per heavy atom. The molecule has 0 aromatic carbocycles. The van der Waals surface area contributed by atoms with E-state index in [0.717, 1.165) is 0 Å². The van der Waals surface area contributed by atoms with E-state index in [1.165, 1.54) is 0 Å². The van der Waals surface area contributed by atoms with Crippen molar-refractivity contribution in [2.45, 2.75) is 25.8 Å². The molecule has 0 saturated heterocycles. The summed E-state index contributed by atoms with van der Waals surface area (Å²) in [7, 11) is 1.64. The molecule has 1 atom stereocenters. The van der Waals surface area contributed by atoms with Gasteiger partial charge in [0.15, 0.2) is 0 Å². The van der Waals surface area contributed by atoms with Crippen molar-refractivity contribution in [3.63, 3.8) is 0 Å². The van der Waals surface area contributed by atoms with Crippen LogP contribution in [0.3, 0.4) is 0 Å². The topological polar surface area (TPSA) is 81.4 Å². The van der Waals surface area contributed by atoms with Gasteiger partial charge in [0.1, 0.15) is 6.04 Å². The quantitative estimate of drug-likeness (QED) is 0.545. The highest BCUT2D eigenvalue weighted by Crippen LogP contribution is 1.98. The van der Waals surface area contributed by atoms with Crippen LogP contribution in [0.2, 0.25) is 0 Å². The highest BCUT2D eigenvalue weighted by Gasteiger charge is 2.17. The summed E-state index contributed by atoms with van der Waals surface area (Å²) in [4.78, 5) is 21.6. The lowest BCUT2D eigenvalue weighted by molar-refractivity contribution is -0.145. The van der Waals surface area contributed by atoms with E-state index in [2.05, 4.69) is 5.32 Å². The third-order valence-corrected chi connectivity index (χ3v) is 1.60. The van der Waals surface area contributed by atoms with Crippen LogP contribution in [0.15, 0.2) is 0 Å². The lowest BCUT2D eigenvalue weighted by atomic mass is 10.1. The van der Waals surface area contributed by atoms with Crippen LogP contribution in [0, 0.1) is 0 Å². The lowest BCUT2D eigenvalue weighted by Crippen LogP contribution is -2.36. The van der Waals surface area contributed by atoms with E-state index in [-0.39, 0.29) is 12.4 Å². The van der Waals surface area contributed by atoms with Crippen LogP contribution in [-0.4, -0.2) is 31.6 Å². The van der Waals surface area contributed by atoms with Gasteiger partial charge in [-0.3, -0.25) is 9.59 Å². The van der Waals surface area contributed by atoms with Gasteiger partial charge in [0.25, 0.3) is 0 Å². The summed E-state index contributed by atoms with van der Waals surface area (Å²) in [5.74, 6) is -0.754. The van der Waals surface area contributed by atoms with Gasteiger partial charge in [-0.15, -0.1) is 0 Å². The Labute approximate surface area is 77.6 Å². The van der Waals surface area contributed by atoms with Gasteiger partial charge in [0.2, 0.25) is 5.91 Å². The first-order chi connectivity index (χ1) is 6.11. The molecule has 0 unspecified atom stereocenters. The SMILES string of the molecule is CCOC(=O)[C@@H](CCC(N)=O)NC. The van der Waals surface area contributed by atoms with Gasteiger partial charge >= 0.3 is 5.97 Å². The smallest absolute Gasteiger partial charge is 0.323 e. The van der Waals surface area contributed by atoms with Crippen molar-refractivity contribution in [3.8, 4) is 0 Å². The van der Waals surface area contributed by atoms with Crippen LogP contribution in [0.4, 0.5) is 0 Å². The fourth-order valence-electron chi connectivity index (χ4n) is 0.909. The van der Waals surface area contributed by atoms with E-state index in [9.17, 15) is 9.59 Å². The third kappa shape index (κ3) is 5.19. The van der Waals surface area contributed by atoms with E-state index in [1.807, 2.05) is 0 Å². The predicted octanol–water partition coefficient (Wildman–Crippen LogP) is -0.597. The summed E-state index contributed by atoms with van der Waals surface area (Å²) in [6, 6.07) is -0.438. The second-order valence-electron chi connectivity index (χ2n) is 2.60. The molecule has 0 bridgehead atoms. The molecule has 0 aliphatic carbocycles. The normalized spacial score (nSPS) is 12.2. The van der Waals surface area contributed by atoms with Gasteiger partial charge in [-0.2, -0.15) is 0 Å². The Bertz CT molecular complexity index is 182. The van der Waals surface area contributed by atoms with E-state index < -0.39 is 11.9 Å². The van der Waals surface area contributed by atoms with Crippen molar-refractivity contribution in [3.05, 3.63) is 0 Å². The van der Waals surface area contributed by atoms with E-state index in [4.69, 9.17) is 10.5 Å². The molecule has 13 heavy (non-hydrogen) atoms. The molecule has 1 amide bonds. The Morgan fingerprint density at radius 1 is 1.54 bits per heavy atom. The van der Waals surface area contributed by atoms with Crippen LogP contribution in [0.5, 0.6) is 0 Å². The second kappa shape index (κ2) is 6.42. The van der Waals surface area contributed by atoms with Crippen molar-refractivity contribution >= 4 is 11.9 Å². The van der Waals surface area contributed by atoms with E-state index in [0.29, 0.717) is 13.0 Å². The molecule has 0 aromatic rings. The number of carbonyl (C=O) groups is 2. The number of carbonyl (C=O) groups excluding carboxylic acids is 2. The van der Waals surface area contributed by atoms with E-state index in [1.54, 1.807) is 14.0 Å². The molecule has 3 N–H and O–H groups in total. The fourth-order valence-corrected chi connectivity index (χ4v) is 0.909. The zero-order valence-corrected chi connectivity index (χ0v) is 8.00. The number of nitrogens with one attached hydrogen (secondary N) is 1. The van der Waals surface area contributed by atoms with Gasteiger partial charge in [0, 0.05) is 6.42 Å². The number of hydrogen-bond acceptors (Lipinski definition) is 4.